The smallest absolute Gasteiger partial charge is 0.251 e. The van der Waals surface area contributed by atoms with Gasteiger partial charge < -0.3 is 19.5 Å². The number of benzene rings is 2. The van der Waals surface area contributed by atoms with Crippen LogP contribution in [0.1, 0.15) is 15.9 Å². The normalized spacial score (nSPS) is 15.0. The van der Waals surface area contributed by atoms with Crippen LogP contribution in [0.15, 0.2) is 47.4 Å². The molecular weight excluding hydrogens is 396 g/mol. The fourth-order valence-corrected chi connectivity index (χ4v) is 4.46. The zero-order valence-corrected chi connectivity index (χ0v) is 17.2. The molecule has 8 nitrogen and oxygen atoms in total. The zero-order valence-electron chi connectivity index (χ0n) is 16.4. The maximum Gasteiger partial charge on any atom is 0.251 e. The van der Waals surface area contributed by atoms with Gasteiger partial charge >= 0.3 is 0 Å². The zero-order chi connectivity index (χ0) is 20.9. The highest BCUT2D eigenvalue weighted by Gasteiger charge is 2.26. The molecule has 1 heterocycles. The van der Waals surface area contributed by atoms with Crippen LogP contribution in [0.5, 0.6) is 11.5 Å². The summed E-state index contributed by atoms with van der Waals surface area (Å²) in [6.45, 7) is 1.60. The van der Waals surface area contributed by atoms with E-state index in [0.29, 0.717) is 37.8 Å². The second-order valence-corrected chi connectivity index (χ2v) is 8.35. The Labute approximate surface area is 170 Å². The average molecular weight is 420 g/mol. The highest BCUT2D eigenvalue weighted by atomic mass is 32.2. The Kier molecular flexibility index (Phi) is 6.73. The number of hydrogen-bond donors (Lipinski definition) is 1. The Morgan fingerprint density at radius 2 is 1.79 bits per heavy atom. The van der Waals surface area contributed by atoms with Gasteiger partial charge in [-0.15, -0.1) is 0 Å². The van der Waals surface area contributed by atoms with E-state index >= 15 is 0 Å². The number of ether oxygens (including phenoxy) is 3. The van der Waals surface area contributed by atoms with Crippen LogP contribution in [0.2, 0.25) is 0 Å². The summed E-state index contributed by atoms with van der Waals surface area (Å²) in [5.74, 6) is 0.806. The Hall–Kier alpha value is -2.62. The van der Waals surface area contributed by atoms with Crippen molar-refractivity contribution in [3.8, 4) is 11.5 Å². The fraction of sp³-hybridized carbons (Fsp3) is 0.350. The highest BCUT2D eigenvalue weighted by Crippen LogP contribution is 2.27. The SMILES string of the molecule is COc1ccc(CNC(=O)c2cccc(S(=O)(=O)N3CCOCC3)c2)cc1OC. The lowest BCUT2D eigenvalue weighted by molar-refractivity contribution is 0.0730. The van der Waals surface area contributed by atoms with Crippen LogP contribution in [0, 0.1) is 0 Å². The molecule has 1 N–H and O–H groups in total. The number of nitrogens with one attached hydrogen (secondary N) is 1. The van der Waals surface area contributed by atoms with Gasteiger partial charge in [-0.2, -0.15) is 4.31 Å². The minimum absolute atomic E-state index is 0.0955. The van der Waals surface area contributed by atoms with E-state index in [2.05, 4.69) is 5.32 Å². The molecule has 1 aliphatic heterocycles. The number of sulfonamides is 1. The van der Waals surface area contributed by atoms with Gasteiger partial charge in [0.25, 0.3) is 5.91 Å². The molecule has 1 amide bonds. The van der Waals surface area contributed by atoms with Crippen molar-refractivity contribution in [3.63, 3.8) is 0 Å². The van der Waals surface area contributed by atoms with Gasteiger partial charge in [0.15, 0.2) is 11.5 Å². The molecule has 0 radical (unpaired) electrons. The summed E-state index contributed by atoms with van der Waals surface area (Å²) < 4.78 is 42.6. The Morgan fingerprint density at radius 1 is 1.07 bits per heavy atom. The van der Waals surface area contributed by atoms with Gasteiger partial charge in [0, 0.05) is 25.2 Å². The Bertz CT molecular complexity index is 971. The number of rotatable bonds is 7. The van der Waals surface area contributed by atoms with Crippen LogP contribution in [0.25, 0.3) is 0 Å². The highest BCUT2D eigenvalue weighted by molar-refractivity contribution is 7.89. The van der Waals surface area contributed by atoms with Crippen LogP contribution < -0.4 is 14.8 Å². The van der Waals surface area contributed by atoms with Gasteiger partial charge in [-0.1, -0.05) is 12.1 Å². The summed E-state index contributed by atoms with van der Waals surface area (Å²) in [6, 6.07) is 11.4. The van der Waals surface area contributed by atoms with E-state index in [1.807, 2.05) is 6.07 Å². The van der Waals surface area contributed by atoms with Crippen LogP contribution in [-0.4, -0.2) is 59.2 Å². The largest absolute Gasteiger partial charge is 0.493 e. The first-order valence-corrected chi connectivity index (χ1v) is 10.6. The molecule has 0 bridgehead atoms. The van der Waals surface area contributed by atoms with Crippen LogP contribution in [-0.2, 0) is 21.3 Å². The summed E-state index contributed by atoms with van der Waals surface area (Å²) in [6.07, 6.45) is 0. The van der Waals surface area contributed by atoms with E-state index in [9.17, 15) is 13.2 Å². The van der Waals surface area contributed by atoms with Crippen molar-refractivity contribution < 1.29 is 27.4 Å². The fourth-order valence-electron chi connectivity index (χ4n) is 3.01. The van der Waals surface area contributed by atoms with Crippen molar-refractivity contribution in [1.82, 2.24) is 9.62 Å². The van der Waals surface area contributed by atoms with Gasteiger partial charge in [0.05, 0.1) is 32.3 Å². The number of carbonyl (C=O) groups excluding carboxylic acids is 1. The van der Waals surface area contributed by atoms with Crippen molar-refractivity contribution in [3.05, 3.63) is 53.6 Å². The maximum atomic E-state index is 12.8. The summed E-state index contributed by atoms with van der Waals surface area (Å²) >= 11 is 0. The summed E-state index contributed by atoms with van der Waals surface area (Å²) in [4.78, 5) is 12.7. The number of amides is 1. The summed E-state index contributed by atoms with van der Waals surface area (Å²) in [7, 11) is -0.564. The van der Waals surface area contributed by atoms with Crippen molar-refractivity contribution in [2.75, 3.05) is 40.5 Å². The predicted octanol–water partition coefficient (Wildman–Crippen LogP) is 1.65. The van der Waals surface area contributed by atoms with E-state index in [0.717, 1.165) is 5.56 Å². The molecule has 9 heteroatoms. The van der Waals surface area contributed by atoms with Crippen molar-refractivity contribution in [2.45, 2.75) is 11.4 Å². The van der Waals surface area contributed by atoms with Gasteiger partial charge in [-0.3, -0.25) is 4.79 Å². The molecule has 3 rings (SSSR count). The van der Waals surface area contributed by atoms with E-state index in [1.165, 1.54) is 16.4 Å². The van der Waals surface area contributed by atoms with E-state index < -0.39 is 10.0 Å². The molecule has 1 saturated heterocycles. The summed E-state index contributed by atoms with van der Waals surface area (Å²) in [5.41, 5.74) is 1.10. The quantitative estimate of drug-likeness (QED) is 0.732. The van der Waals surface area contributed by atoms with Gasteiger partial charge in [-0.25, -0.2) is 8.42 Å². The molecule has 0 aromatic heterocycles. The summed E-state index contributed by atoms with van der Waals surface area (Å²) in [5, 5.41) is 2.80. The third-order valence-corrected chi connectivity index (χ3v) is 6.50. The third kappa shape index (κ3) is 4.87. The molecule has 1 aliphatic rings. The monoisotopic (exact) mass is 420 g/mol. The first kappa shape index (κ1) is 21.1. The van der Waals surface area contributed by atoms with Crippen LogP contribution >= 0.6 is 0 Å². The molecule has 1 fully saturated rings. The molecule has 0 unspecified atom stereocenters. The van der Waals surface area contributed by atoms with Gasteiger partial charge in [-0.05, 0) is 35.9 Å². The third-order valence-electron chi connectivity index (χ3n) is 4.61. The number of carbonyl (C=O) groups is 1. The second-order valence-electron chi connectivity index (χ2n) is 6.42. The second kappa shape index (κ2) is 9.25. The number of methoxy groups -OCH3 is 2. The standard InChI is InChI=1S/C20H24N2O6S/c1-26-18-7-6-15(12-19(18)27-2)14-21-20(23)16-4-3-5-17(13-16)29(24,25)22-8-10-28-11-9-22/h3-7,12-13H,8-11,14H2,1-2H3,(H,21,23). The Morgan fingerprint density at radius 3 is 2.48 bits per heavy atom. The molecular formula is C20H24N2O6S. The van der Waals surface area contributed by atoms with Crippen molar-refractivity contribution >= 4 is 15.9 Å². The lowest BCUT2D eigenvalue weighted by Gasteiger charge is -2.26. The maximum absolute atomic E-state index is 12.8. The molecule has 0 aliphatic carbocycles. The first-order chi connectivity index (χ1) is 14.0. The van der Waals surface area contributed by atoms with Gasteiger partial charge in [0.2, 0.25) is 10.0 Å². The van der Waals surface area contributed by atoms with Crippen LogP contribution in [0.4, 0.5) is 0 Å². The molecule has 29 heavy (non-hydrogen) atoms. The van der Waals surface area contributed by atoms with Crippen molar-refractivity contribution in [1.29, 1.82) is 0 Å². The predicted molar refractivity (Wildman–Crippen MR) is 107 cm³/mol. The first-order valence-electron chi connectivity index (χ1n) is 9.13. The lowest BCUT2D eigenvalue weighted by Crippen LogP contribution is -2.40. The van der Waals surface area contributed by atoms with Gasteiger partial charge in [0.1, 0.15) is 0 Å². The van der Waals surface area contributed by atoms with E-state index in [-0.39, 0.29) is 22.9 Å². The molecule has 2 aromatic rings. The topological polar surface area (TPSA) is 94.2 Å². The number of hydrogen-bond acceptors (Lipinski definition) is 6. The van der Waals surface area contributed by atoms with E-state index in [4.69, 9.17) is 14.2 Å². The van der Waals surface area contributed by atoms with E-state index in [1.54, 1.807) is 38.5 Å². The molecule has 0 spiro atoms. The molecule has 156 valence electrons. The Balaban J connectivity index is 1.71. The lowest BCUT2D eigenvalue weighted by atomic mass is 10.1. The molecule has 0 atom stereocenters. The van der Waals surface area contributed by atoms with Crippen LogP contribution in [0.3, 0.4) is 0 Å². The minimum Gasteiger partial charge on any atom is -0.493 e. The minimum atomic E-state index is -3.66. The number of morpholine rings is 1. The molecule has 0 saturated carbocycles. The number of nitrogens with zero attached hydrogens (tertiary/aromatic N) is 1. The average Bonchev–Trinajstić information content (AvgIpc) is 2.77. The molecule has 2 aromatic carbocycles. The van der Waals surface area contributed by atoms with Crippen molar-refractivity contribution in [2.24, 2.45) is 0 Å².